The van der Waals surface area contributed by atoms with E-state index in [1.165, 1.54) is 5.57 Å². The molecule has 1 amide bonds. The van der Waals surface area contributed by atoms with Gasteiger partial charge in [0.05, 0.1) is 0 Å². The third-order valence-corrected chi connectivity index (χ3v) is 2.43. The van der Waals surface area contributed by atoms with E-state index in [0.29, 0.717) is 0 Å². The van der Waals surface area contributed by atoms with E-state index in [2.05, 4.69) is 12.2 Å². The van der Waals surface area contributed by atoms with Crippen LogP contribution in [0.4, 0.5) is 4.79 Å². The van der Waals surface area contributed by atoms with Crippen LogP contribution in [0.15, 0.2) is 35.6 Å². The van der Waals surface area contributed by atoms with Crippen LogP contribution in [0.5, 0.6) is 0 Å². The molecule has 1 unspecified atom stereocenters. The number of alkyl carbamates (subject to hydrolysis) is 1. The average molecular weight is 221 g/mol. The Morgan fingerprint density at radius 3 is 3.06 bits per heavy atom. The summed E-state index contributed by atoms with van der Waals surface area (Å²) in [5.74, 6) is 0. The fourth-order valence-corrected chi connectivity index (χ4v) is 1.23. The number of amides is 1. The number of hydrogen-bond donors (Lipinski definition) is 1. The zero-order valence-electron chi connectivity index (χ0n) is 10.1. The molecule has 0 spiro atoms. The summed E-state index contributed by atoms with van der Waals surface area (Å²) in [6.45, 7) is 5.92. The van der Waals surface area contributed by atoms with Crippen LogP contribution in [-0.2, 0) is 4.74 Å². The van der Waals surface area contributed by atoms with E-state index < -0.39 is 0 Å². The van der Waals surface area contributed by atoms with Crippen LogP contribution in [0.2, 0.25) is 0 Å². The Bertz CT molecular complexity index is 340. The fourth-order valence-electron chi connectivity index (χ4n) is 1.23. The molecule has 0 saturated carbocycles. The van der Waals surface area contributed by atoms with Gasteiger partial charge in [0.25, 0.3) is 0 Å². The van der Waals surface area contributed by atoms with E-state index in [-0.39, 0.29) is 12.2 Å². The third-order valence-electron chi connectivity index (χ3n) is 2.43. The molecule has 0 aromatic heterocycles. The highest BCUT2D eigenvalue weighted by molar-refractivity contribution is 5.70. The van der Waals surface area contributed by atoms with Crippen molar-refractivity contribution >= 4 is 6.09 Å². The topological polar surface area (TPSA) is 38.3 Å². The van der Waals surface area contributed by atoms with Crippen molar-refractivity contribution in [2.75, 3.05) is 0 Å². The quantitative estimate of drug-likeness (QED) is 0.794. The number of nitrogens with one attached hydrogen (secondary N) is 1. The highest BCUT2D eigenvalue weighted by Gasteiger charge is 2.08. The van der Waals surface area contributed by atoms with Gasteiger partial charge in [-0.1, -0.05) is 30.7 Å². The predicted octanol–water partition coefficient (Wildman–Crippen LogP) is 3.30. The molecule has 0 aromatic rings. The van der Waals surface area contributed by atoms with Crippen molar-refractivity contribution < 1.29 is 9.53 Å². The Morgan fingerprint density at radius 1 is 1.62 bits per heavy atom. The van der Waals surface area contributed by atoms with Gasteiger partial charge in [-0.3, -0.25) is 5.32 Å². The molecule has 0 bridgehead atoms. The summed E-state index contributed by atoms with van der Waals surface area (Å²) in [4.78, 5) is 11.4. The molecule has 0 radical (unpaired) electrons. The molecule has 88 valence electrons. The van der Waals surface area contributed by atoms with Gasteiger partial charge in [0.2, 0.25) is 0 Å². The molecule has 3 heteroatoms. The monoisotopic (exact) mass is 221 g/mol. The van der Waals surface area contributed by atoms with Gasteiger partial charge in [0.1, 0.15) is 6.10 Å². The predicted molar refractivity (Wildman–Crippen MR) is 65.0 cm³/mol. The number of hydrogen-bond acceptors (Lipinski definition) is 2. The fraction of sp³-hybridized carbons (Fsp3) is 0.462. The van der Waals surface area contributed by atoms with Gasteiger partial charge in [-0.05, 0) is 32.8 Å². The molecular formula is C13H19NO2. The summed E-state index contributed by atoms with van der Waals surface area (Å²) in [5.41, 5.74) is 2.06. The first kappa shape index (κ1) is 12.6. The highest BCUT2D eigenvalue weighted by atomic mass is 16.6. The Kier molecular flexibility index (Phi) is 4.83. The van der Waals surface area contributed by atoms with Crippen LogP contribution in [-0.4, -0.2) is 12.2 Å². The summed E-state index contributed by atoms with van der Waals surface area (Å²) in [7, 11) is 0. The standard InChI is InChI=1S/C13H19NO2/c1-4-11(3)16-13(15)14-12-7-5-6-10(2)8-9-12/h5-7,9,11H,4,8H2,1-3H3,(H,14,15). The molecule has 1 N–H and O–H groups in total. The van der Waals surface area contributed by atoms with E-state index in [9.17, 15) is 4.79 Å². The van der Waals surface area contributed by atoms with E-state index in [0.717, 1.165) is 18.5 Å². The third kappa shape index (κ3) is 4.34. The molecule has 0 saturated heterocycles. The lowest BCUT2D eigenvalue weighted by molar-refractivity contribution is 0.107. The Balaban J connectivity index is 2.46. The van der Waals surface area contributed by atoms with Gasteiger partial charge < -0.3 is 4.74 Å². The van der Waals surface area contributed by atoms with Crippen molar-refractivity contribution in [1.29, 1.82) is 0 Å². The maximum atomic E-state index is 11.4. The number of ether oxygens (including phenoxy) is 1. The maximum Gasteiger partial charge on any atom is 0.411 e. The molecule has 1 aliphatic carbocycles. The van der Waals surface area contributed by atoms with Crippen LogP contribution < -0.4 is 5.32 Å². The van der Waals surface area contributed by atoms with Crippen molar-refractivity contribution in [3.8, 4) is 0 Å². The molecule has 1 atom stereocenters. The van der Waals surface area contributed by atoms with Gasteiger partial charge in [-0.25, -0.2) is 4.79 Å². The Morgan fingerprint density at radius 2 is 2.38 bits per heavy atom. The Hall–Kier alpha value is -1.51. The minimum Gasteiger partial charge on any atom is -0.446 e. The van der Waals surface area contributed by atoms with Crippen LogP contribution in [0, 0.1) is 0 Å². The Labute approximate surface area is 96.9 Å². The maximum absolute atomic E-state index is 11.4. The largest absolute Gasteiger partial charge is 0.446 e. The zero-order chi connectivity index (χ0) is 12.0. The van der Waals surface area contributed by atoms with E-state index in [4.69, 9.17) is 4.74 Å². The molecule has 3 nitrogen and oxygen atoms in total. The molecule has 0 aromatic carbocycles. The van der Waals surface area contributed by atoms with Crippen molar-refractivity contribution in [3.05, 3.63) is 35.6 Å². The second-order valence-corrected chi connectivity index (χ2v) is 3.98. The average Bonchev–Trinajstić information content (AvgIpc) is 2.43. The van der Waals surface area contributed by atoms with Crippen LogP contribution in [0.1, 0.15) is 33.6 Å². The first-order chi connectivity index (χ1) is 7.61. The van der Waals surface area contributed by atoms with Crippen molar-refractivity contribution in [1.82, 2.24) is 5.32 Å². The molecule has 0 heterocycles. The first-order valence-electron chi connectivity index (χ1n) is 5.63. The van der Waals surface area contributed by atoms with Crippen LogP contribution in [0.25, 0.3) is 0 Å². The summed E-state index contributed by atoms with van der Waals surface area (Å²) in [6.07, 6.45) is 9.05. The smallest absolute Gasteiger partial charge is 0.411 e. The summed E-state index contributed by atoms with van der Waals surface area (Å²) in [5, 5.41) is 2.72. The lowest BCUT2D eigenvalue weighted by Crippen LogP contribution is -2.26. The SMILES string of the molecule is CCC(C)OC(=O)NC1=CCC(C)=CC=C1. The minimum absolute atomic E-state index is 0.0461. The summed E-state index contributed by atoms with van der Waals surface area (Å²) in [6, 6.07) is 0. The summed E-state index contributed by atoms with van der Waals surface area (Å²) < 4.78 is 5.13. The molecular weight excluding hydrogens is 202 g/mol. The van der Waals surface area contributed by atoms with E-state index in [1.807, 2.05) is 38.2 Å². The molecule has 0 fully saturated rings. The van der Waals surface area contributed by atoms with E-state index >= 15 is 0 Å². The van der Waals surface area contributed by atoms with Gasteiger partial charge in [0, 0.05) is 5.70 Å². The van der Waals surface area contributed by atoms with Gasteiger partial charge in [-0.2, -0.15) is 0 Å². The first-order valence-corrected chi connectivity index (χ1v) is 5.63. The van der Waals surface area contributed by atoms with E-state index in [1.54, 1.807) is 0 Å². The van der Waals surface area contributed by atoms with Crippen molar-refractivity contribution in [2.45, 2.75) is 39.7 Å². The van der Waals surface area contributed by atoms with Crippen LogP contribution in [0.3, 0.4) is 0 Å². The highest BCUT2D eigenvalue weighted by Crippen LogP contribution is 2.09. The lowest BCUT2D eigenvalue weighted by atomic mass is 10.2. The normalized spacial score (nSPS) is 16.9. The van der Waals surface area contributed by atoms with Gasteiger partial charge >= 0.3 is 6.09 Å². The molecule has 0 aliphatic heterocycles. The minimum atomic E-state index is -0.384. The molecule has 16 heavy (non-hydrogen) atoms. The zero-order valence-corrected chi connectivity index (χ0v) is 10.1. The molecule has 1 aliphatic rings. The number of carbonyl (C=O) groups is 1. The van der Waals surface area contributed by atoms with Gasteiger partial charge in [-0.15, -0.1) is 0 Å². The second-order valence-electron chi connectivity index (χ2n) is 3.98. The number of allylic oxidation sites excluding steroid dienone is 5. The summed E-state index contributed by atoms with van der Waals surface area (Å²) >= 11 is 0. The van der Waals surface area contributed by atoms with Crippen LogP contribution >= 0.6 is 0 Å². The number of carbonyl (C=O) groups excluding carboxylic acids is 1. The van der Waals surface area contributed by atoms with Gasteiger partial charge in [0.15, 0.2) is 0 Å². The second kappa shape index (κ2) is 6.16. The van der Waals surface area contributed by atoms with Crippen molar-refractivity contribution in [3.63, 3.8) is 0 Å². The molecule has 1 rings (SSSR count). The lowest BCUT2D eigenvalue weighted by Gasteiger charge is -2.12. The number of rotatable bonds is 3. The van der Waals surface area contributed by atoms with Crippen molar-refractivity contribution in [2.24, 2.45) is 0 Å².